The van der Waals surface area contributed by atoms with Crippen LogP contribution in [0.3, 0.4) is 0 Å². The Balaban J connectivity index is 2.91. The van der Waals surface area contributed by atoms with Crippen molar-refractivity contribution in [3.05, 3.63) is 46.9 Å². The van der Waals surface area contributed by atoms with E-state index in [0.29, 0.717) is 0 Å². The van der Waals surface area contributed by atoms with Crippen LogP contribution in [0.2, 0.25) is 0 Å². The van der Waals surface area contributed by atoms with Gasteiger partial charge in [0.1, 0.15) is 0 Å². The summed E-state index contributed by atoms with van der Waals surface area (Å²) in [6.07, 6.45) is 11.7. The summed E-state index contributed by atoms with van der Waals surface area (Å²) >= 11 is 0. The third-order valence-electron chi connectivity index (χ3n) is 7.29. The Hall–Kier alpha value is -1.85. The van der Waals surface area contributed by atoms with Gasteiger partial charge in [0.2, 0.25) is 0 Å². The molecule has 1 radical (unpaired) electrons. The van der Waals surface area contributed by atoms with Gasteiger partial charge >= 0.3 is 14.6 Å². The third-order valence-corrected chi connectivity index (χ3v) is 7.29. The molecule has 34 heavy (non-hydrogen) atoms. The molecule has 0 aliphatic carbocycles. The van der Waals surface area contributed by atoms with Gasteiger partial charge in [-0.3, -0.25) is 0 Å². The van der Waals surface area contributed by atoms with E-state index in [-0.39, 0.29) is 0 Å². The van der Waals surface area contributed by atoms with E-state index in [9.17, 15) is 5.11 Å². The van der Waals surface area contributed by atoms with Gasteiger partial charge < -0.3 is 19.1 Å². The molecule has 0 saturated carbocycles. The lowest BCUT2D eigenvalue weighted by Crippen LogP contribution is -2.59. The second-order valence-electron chi connectivity index (χ2n) is 10.8. The molecule has 0 amide bonds. The molecule has 4 nitrogen and oxygen atoms in total. The van der Waals surface area contributed by atoms with Crippen LogP contribution in [0.25, 0.3) is 24.3 Å². The molecular weight excluding hydrogens is 422 g/mol. The van der Waals surface area contributed by atoms with Crippen molar-refractivity contribution < 1.29 is 19.1 Å². The van der Waals surface area contributed by atoms with E-state index in [0.717, 1.165) is 32.5 Å². The highest BCUT2D eigenvalue weighted by molar-refractivity contribution is 6.63. The summed E-state index contributed by atoms with van der Waals surface area (Å²) in [5.74, 6) is 0. The van der Waals surface area contributed by atoms with Crippen LogP contribution in [0.4, 0.5) is 0 Å². The van der Waals surface area contributed by atoms with E-state index in [1.165, 1.54) is 0 Å². The largest absolute Gasteiger partial charge is 0.496 e. The Morgan fingerprint density at radius 2 is 1.53 bits per heavy atom. The predicted molar refractivity (Wildman–Crippen MR) is 148 cm³/mol. The topological polar surface area (TPSA) is 47.9 Å². The Morgan fingerprint density at radius 1 is 0.971 bits per heavy atom. The predicted octanol–water partition coefficient (Wildman–Crippen LogP) is 3.24. The molecule has 0 spiro atoms. The lowest BCUT2D eigenvalue weighted by atomic mass is 9.67. The lowest BCUT2D eigenvalue weighted by molar-refractivity contribution is -0.0893. The summed E-state index contributed by atoms with van der Waals surface area (Å²) < 4.78 is 19.2. The molecule has 1 aromatic rings. The van der Waals surface area contributed by atoms with Crippen molar-refractivity contribution in [1.29, 1.82) is 0 Å². The normalized spacial score (nSPS) is 19.2. The minimum atomic E-state index is -1.04. The first-order valence-electron chi connectivity index (χ1n) is 11.9. The van der Waals surface area contributed by atoms with E-state index < -0.39 is 29.5 Å². The lowest BCUT2D eigenvalue weighted by Gasteiger charge is -2.37. The van der Waals surface area contributed by atoms with E-state index in [1.807, 2.05) is 52.0 Å². The van der Waals surface area contributed by atoms with Crippen LogP contribution in [0.15, 0.2) is 25.3 Å². The van der Waals surface area contributed by atoms with Crippen molar-refractivity contribution in [1.82, 2.24) is 0 Å². The quantitative estimate of drug-likeness (QED) is 0.602. The van der Waals surface area contributed by atoms with E-state index in [1.54, 1.807) is 27.4 Å². The summed E-state index contributed by atoms with van der Waals surface area (Å²) in [5, 5.41) is 12.5. The van der Waals surface area contributed by atoms with Crippen LogP contribution in [-0.4, -0.2) is 42.1 Å². The van der Waals surface area contributed by atoms with Crippen LogP contribution in [0.1, 0.15) is 80.4 Å². The molecule has 2 rings (SSSR count). The van der Waals surface area contributed by atoms with Gasteiger partial charge in [0.25, 0.3) is 0 Å². The second kappa shape index (κ2) is 10.0. The standard InChI is InChI=1S/C28H41B2O4/c1-13-17-21-19(15-3)23(29-32-26(7,8)25(5,6)31)20(16-4)22(18-14-2)24(21)30-33-27(9,10)28(11,12)34-30/h13-18,31H,1,4H2,2-3,5-12H3/b18-14-,19-15+,21-17+. The fraction of sp³-hybridized carbons (Fsp3) is 0.500. The molecule has 6 heteroatoms. The smallest absolute Gasteiger partial charge is 0.427 e. The number of benzene rings is 1. The first kappa shape index (κ1) is 28.4. The number of hydrogen-bond acceptors (Lipinski definition) is 4. The summed E-state index contributed by atoms with van der Waals surface area (Å²) in [6, 6.07) is 0. The third kappa shape index (κ3) is 5.21. The van der Waals surface area contributed by atoms with Gasteiger partial charge in [-0.25, -0.2) is 0 Å². The van der Waals surface area contributed by atoms with Crippen LogP contribution >= 0.6 is 0 Å². The zero-order valence-corrected chi connectivity index (χ0v) is 22.7. The molecule has 1 heterocycles. The van der Waals surface area contributed by atoms with Gasteiger partial charge in [-0.1, -0.05) is 49.6 Å². The van der Waals surface area contributed by atoms with Crippen LogP contribution in [0.5, 0.6) is 0 Å². The highest BCUT2D eigenvalue weighted by Gasteiger charge is 2.52. The molecule has 0 atom stereocenters. The van der Waals surface area contributed by atoms with Crippen molar-refractivity contribution in [2.75, 3.05) is 0 Å². The molecule has 0 bridgehead atoms. The summed E-state index contributed by atoms with van der Waals surface area (Å²) in [6.45, 7) is 27.5. The van der Waals surface area contributed by atoms with Gasteiger partial charge in [0, 0.05) is 0 Å². The second-order valence-corrected chi connectivity index (χ2v) is 10.8. The average molecular weight is 463 g/mol. The fourth-order valence-electron chi connectivity index (χ4n) is 3.74. The average Bonchev–Trinajstić information content (AvgIpc) is 2.92. The fourth-order valence-corrected chi connectivity index (χ4v) is 3.74. The van der Waals surface area contributed by atoms with Gasteiger partial charge in [-0.15, -0.1) is 0 Å². The Kier molecular flexibility index (Phi) is 8.37. The highest BCUT2D eigenvalue weighted by Crippen LogP contribution is 2.36. The molecule has 1 aliphatic heterocycles. The van der Waals surface area contributed by atoms with Crippen molar-refractivity contribution in [2.45, 2.75) is 91.6 Å². The van der Waals surface area contributed by atoms with Gasteiger partial charge in [0.15, 0.2) is 0 Å². The molecule has 1 fully saturated rings. The number of rotatable bonds is 8. The van der Waals surface area contributed by atoms with Gasteiger partial charge in [-0.05, 0) is 102 Å². The zero-order valence-electron chi connectivity index (χ0n) is 22.7. The van der Waals surface area contributed by atoms with Crippen molar-refractivity contribution in [3.8, 4) is 0 Å². The molecular formula is C28H41B2O4. The van der Waals surface area contributed by atoms with Crippen molar-refractivity contribution in [3.63, 3.8) is 0 Å². The maximum absolute atomic E-state index is 10.6. The minimum absolute atomic E-state index is 0.481. The van der Waals surface area contributed by atoms with Crippen LogP contribution < -0.4 is 21.4 Å². The minimum Gasteiger partial charge on any atom is -0.427 e. The SMILES string of the molecule is C=C/C=c1/c(B2OC(C)(C)C(C)(C)O2)c(/C=C\C)c(C=C)c([B]OC(C)(C)C(C)(C)O)/c1=C/C. The maximum atomic E-state index is 10.6. The molecule has 183 valence electrons. The van der Waals surface area contributed by atoms with Crippen molar-refractivity contribution >= 4 is 49.8 Å². The van der Waals surface area contributed by atoms with Gasteiger partial charge in [-0.2, -0.15) is 0 Å². The first-order chi connectivity index (χ1) is 15.6. The van der Waals surface area contributed by atoms with Crippen LogP contribution in [0, 0.1) is 0 Å². The van der Waals surface area contributed by atoms with E-state index in [4.69, 9.17) is 14.0 Å². The van der Waals surface area contributed by atoms with Crippen LogP contribution in [-0.2, 0) is 14.0 Å². The van der Waals surface area contributed by atoms with E-state index in [2.05, 4.69) is 46.9 Å². The monoisotopic (exact) mass is 463 g/mol. The molecule has 1 saturated heterocycles. The Morgan fingerprint density at radius 3 is 1.94 bits per heavy atom. The van der Waals surface area contributed by atoms with E-state index >= 15 is 0 Å². The summed E-state index contributed by atoms with van der Waals surface area (Å²) in [4.78, 5) is 0. The number of aliphatic hydroxyl groups is 1. The molecule has 1 aliphatic rings. The molecule has 1 N–H and O–H groups in total. The first-order valence-corrected chi connectivity index (χ1v) is 11.9. The van der Waals surface area contributed by atoms with Gasteiger partial charge in [0.05, 0.1) is 22.4 Å². The highest BCUT2D eigenvalue weighted by atomic mass is 16.7. The van der Waals surface area contributed by atoms with Crippen molar-refractivity contribution in [2.24, 2.45) is 0 Å². The number of allylic oxidation sites excluding steroid dienone is 2. The summed E-state index contributed by atoms with van der Waals surface area (Å²) in [5.41, 5.74) is 0.837. The zero-order chi connectivity index (χ0) is 26.1. The molecule has 0 aromatic heterocycles. The number of hydrogen-bond donors (Lipinski definition) is 1. The molecule has 0 unspecified atom stereocenters. The summed E-state index contributed by atoms with van der Waals surface area (Å²) in [7, 11) is 1.16. The Labute approximate surface area is 207 Å². The maximum Gasteiger partial charge on any atom is 0.496 e. The molecule has 1 aromatic carbocycles. The Bertz CT molecular complexity index is 1070.